The Kier molecular flexibility index (Phi) is 7.48. The van der Waals surface area contributed by atoms with Crippen molar-refractivity contribution in [3.8, 4) is 5.75 Å². The molecule has 0 fully saturated rings. The van der Waals surface area contributed by atoms with Crippen molar-refractivity contribution in [3.05, 3.63) is 77.8 Å². The number of amides is 1. The first-order valence-electron chi connectivity index (χ1n) is 9.27. The van der Waals surface area contributed by atoms with Gasteiger partial charge in [-0.1, -0.05) is 17.7 Å². The predicted molar refractivity (Wildman–Crippen MR) is 126 cm³/mol. The maximum atomic E-state index is 12.5. The topological polar surface area (TPSA) is 84.5 Å². The largest absolute Gasteiger partial charge is 0.497 e. The zero-order valence-electron chi connectivity index (χ0n) is 16.8. The van der Waals surface area contributed by atoms with Gasteiger partial charge in [-0.15, -0.1) is 11.8 Å². The molecule has 162 valence electrons. The van der Waals surface area contributed by atoms with Gasteiger partial charge in [-0.2, -0.15) is 0 Å². The van der Waals surface area contributed by atoms with Crippen LogP contribution < -0.4 is 14.8 Å². The quantitative estimate of drug-likeness (QED) is 0.433. The second-order valence-corrected chi connectivity index (χ2v) is 10.1. The lowest BCUT2D eigenvalue weighted by Crippen LogP contribution is -2.22. The van der Waals surface area contributed by atoms with E-state index in [1.165, 1.54) is 30.0 Å². The van der Waals surface area contributed by atoms with Gasteiger partial charge in [-0.25, -0.2) is 8.42 Å². The molecule has 0 saturated carbocycles. The average molecular weight is 477 g/mol. The number of ether oxygens (including phenoxy) is 1. The Morgan fingerprint density at radius 1 is 1.00 bits per heavy atom. The number of hydrogen-bond donors (Lipinski definition) is 2. The summed E-state index contributed by atoms with van der Waals surface area (Å²) in [5.74, 6) is 0.565. The lowest BCUT2D eigenvalue weighted by atomic mass is 10.3. The second-order valence-electron chi connectivity index (χ2n) is 6.57. The Morgan fingerprint density at radius 2 is 1.68 bits per heavy atom. The molecule has 0 aliphatic carbocycles. The molecule has 1 amide bonds. The van der Waals surface area contributed by atoms with Gasteiger partial charge in [0.2, 0.25) is 5.91 Å². The highest BCUT2D eigenvalue weighted by molar-refractivity contribution is 8.00. The van der Waals surface area contributed by atoms with Crippen molar-refractivity contribution in [2.24, 2.45) is 0 Å². The van der Waals surface area contributed by atoms with Crippen molar-refractivity contribution in [2.45, 2.75) is 22.0 Å². The Balaban J connectivity index is 1.61. The molecule has 0 aliphatic rings. The Bertz CT molecular complexity index is 1150. The van der Waals surface area contributed by atoms with E-state index in [9.17, 15) is 13.2 Å². The van der Waals surface area contributed by atoms with Crippen LogP contribution in [0.2, 0.25) is 5.02 Å². The van der Waals surface area contributed by atoms with Gasteiger partial charge in [0.1, 0.15) is 5.75 Å². The number of thioether (sulfide) groups is 1. The van der Waals surface area contributed by atoms with Gasteiger partial charge >= 0.3 is 0 Å². The molecule has 31 heavy (non-hydrogen) atoms. The van der Waals surface area contributed by atoms with Crippen LogP contribution in [0.3, 0.4) is 0 Å². The van der Waals surface area contributed by atoms with Crippen LogP contribution in [-0.2, 0) is 14.8 Å². The number of nitrogens with one attached hydrogen (secondary N) is 2. The molecule has 0 spiro atoms. The second kappa shape index (κ2) is 10.1. The van der Waals surface area contributed by atoms with Crippen LogP contribution in [0, 0.1) is 0 Å². The van der Waals surface area contributed by atoms with Crippen LogP contribution in [0.15, 0.2) is 82.6 Å². The zero-order chi connectivity index (χ0) is 22.4. The number of hydrogen-bond acceptors (Lipinski definition) is 5. The summed E-state index contributed by atoms with van der Waals surface area (Å²) >= 11 is 7.31. The van der Waals surface area contributed by atoms with Crippen molar-refractivity contribution in [2.75, 3.05) is 17.1 Å². The molecule has 3 aromatic rings. The first kappa shape index (κ1) is 23.0. The minimum Gasteiger partial charge on any atom is -0.497 e. The van der Waals surface area contributed by atoms with Gasteiger partial charge in [-0.3, -0.25) is 9.52 Å². The van der Waals surface area contributed by atoms with Crippen molar-refractivity contribution in [1.82, 2.24) is 0 Å². The molecule has 9 heteroatoms. The van der Waals surface area contributed by atoms with Crippen molar-refractivity contribution >= 4 is 50.7 Å². The van der Waals surface area contributed by atoms with Crippen LogP contribution in [0.25, 0.3) is 0 Å². The molecule has 0 aromatic heterocycles. The molecule has 0 radical (unpaired) electrons. The summed E-state index contributed by atoms with van der Waals surface area (Å²) in [6.45, 7) is 1.80. The number of rotatable bonds is 8. The van der Waals surface area contributed by atoms with E-state index in [-0.39, 0.29) is 16.1 Å². The van der Waals surface area contributed by atoms with Gasteiger partial charge < -0.3 is 10.1 Å². The predicted octanol–water partition coefficient (Wildman–Crippen LogP) is 5.27. The molecule has 0 bridgehead atoms. The van der Waals surface area contributed by atoms with Crippen LogP contribution >= 0.6 is 23.4 Å². The average Bonchev–Trinajstić information content (AvgIpc) is 2.74. The lowest BCUT2D eigenvalue weighted by Gasteiger charge is -2.13. The van der Waals surface area contributed by atoms with E-state index >= 15 is 0 Å². The van der Waals surface area contributed by atoms with Crippen molar-refractivity contribution in [3.63, 3.8) is 0 Å². The van der Waals surface area contributed by atoms with E-state index in [4.69, 9.17) is 16.3 Å². The molecule has 0 heterocycles. The Labute approximate surface area is 191 Å². The minimum absolute atomic E-state index is 0.0751. The molecule has 0 saturated heterocycles. The number of sulfonamides is 1. The third-order valence-electron chi connectivity index (χ3n) is 4.25. The first-order valence-corrected chi connectivity index (χ1v) is 12.0. The molecule has 0 aliphatic heterocycles. The monoisotopic (exact) mass is 476 g/mol. The maximum absolute atomic E-state index is 12.5. The first-order chi connectivity index (χ1) is 14.8. The van der Waals surface area contributed by atoms with E-state index in [1.54, 1.807) is 44.4 Å². The van der Waals surface area contributed by atoms with E-state index < -0.39 is 10.0 Å². The normalized spacial score (nSPS) is 12.1. The third kappa shape index (κ3) is 6.40. The number of carbonyl (C=O) groups excluding carboxylic acids is 1. The third-order valence-corrected chi connectivity index (χ3v) is 6.99. The maximum Gasteiger partial charge on any atom is 0.261 e. The van der Waals surface area contributed by atoms with Crippen molar-refractivity contribution in [1.29, 1.82) is 0 Å². The fourth-order valence-electron chi connectivity index (χ4n) is 2.64. The number of benzene rings is 3. The summed E-state index contributed by atoms with van der Waals surface area (Å²) in [5.41, 5.74) is 0.878. The van der Waals surface area contributed by atoms with Crippen LogP contribution in [0.5, 0.6) is 5.75 Å². The smallest absolute Gasteiger partial charge is 0.261 e. The van der Waals surface area contributed by atoms with Crippen LogP contribution in [0.1, 0.15) is 6.92 Å². The van der Waals surface area contributed by atoms with E-state index in [2.05, 4.69) is 10.0 Å². The number of carbonyl (C=O) groups is 1. The zero-order valence-corrected chi connectivity index (χ0v) is 19.2. The van der Waals surface area contributed by atoms with Gasteiger partial charge in [0.25, 0.3) is 10.0 Å². The highest BCUT2D eigenvalue weighted by Gasteiger charge is 2.17. The van der Waals surface area contributed by atoms with E-state index in [1.807, 2.05) is 24.3 Å². The van der Waals surface area contributed by atoms with Crippen molar-refractivity contribution < 1.29 is 17.9 Å². The highest BCUT2D eigenvalue weighted by Crippen LogP contribution is 2.26. The summed E-state index contributed by atoms with van der Waals surface area (Å²) in [5, 5.41) is 2.89. The minimum atomic E-state index is -3.77. The van der Waals surface area contributed by atoms with E-state index in [0.29, 0.717) is 16.4 Å². The fraction of sp³-hybridized carbons (Fsp3) is 0.136. The Morgan fingerprint density at radius 3 is 2.29 bits per heavy atom. The van der Waals surface area contributed by atoms with Gasteiger partial charge in [0.05, 0.1) is 22.9 Å². The molecule has 0 unspecified atom stereocenters. The summed E-state index contributed by atoms with van der Waals surface area (Å²) in [4.78, 5) is 13.5. The lowest BCUT2D eigenvalue weighted by molar-refractivity contribution is -0.115. The summed E-state index contributed by atoms with van der Waals surface area (Å²) < 4.78 is 32.7. The SMILES string of the molecule is COc1ccc(S[C@@H](C)C(=O)Nc2ccc(S(=O)(=O)Nc3cccc(Cl)c3)cc2)cc1. The van der Waals surface area contributed by atoms with Gasteiger partial charge in [0, 0.05) is 15.6 Å². The molecule has 6 nitrogen and oxygen atoms in total. The molecular formula is C22H21ClN2O4S2. The number of halogens is 1. The molecule has 2 N–H and O–H groups in total. The molecule has 1 atom stereocenters. The van der Waals surface area contributed by atoms with Crippen LogP contribution in [0.4, 0.5) is 11.4 Å². The summed E-state index contributed by atoms with van der Waals surface area (Å²) in [6.07, 6.45) is 0. The summed E-state index contributed by atoms with van der Waals surface area (Å²) in [7, 11) is -2.17. The number of methoxy groups -OCH3 is 1. The van der Waals surface area contributed by atoms with Crippen LogP contribution in [-0.4, -0.2) is 26.7 Å². The van der Waals surface area contributed by atoms with Gasteiger partial charge in [0.15, 0.2) is 0 Å². The molecular weight excluding hydrogens is 456 g/mol. The van der Waals surface area contributed by atoms with E-state index in [0.717, 1.165) is 10.6 Å². The summed E-state index contributed by atoms with van der Waals surface area (Å²) in [6, 6.07) is 19.9. The highest BCUT2D eigenvalue weighted by atomic mass is 35.5. The fourth-order valence-corrected chi connectivity index (χ4v) is 4.75. The molecule has 3 aromatic carbocycles. The Hall–Kier alpha value is -2.68. The van der Waals surface area contributed by atoms with Gasteiger partial charge in [-0.05, 0) is 73.7 Å². The number of anilines is 2. The standard InChI is InChI=1S/C22H21ClN2O4S2/c1-15(30-20-10-8-19(29-2)9-11-20)22(26)24-17-6-12-21(13-7-17)31(27,28)25-18-5-3-4-16(23)14-18/h3-15,25H,1-2H3,(H,24,26)/t15-/m0/s1. The molecule has 3 rings (SSSR count).